The summed E-state index contributed by atoms with van der Waals surface area (Å²) in [5, 5.41) is 0. The molecule has 2 N–H and O–H groups in total. The summed E-state index contributed by atoms with van der Waals surface area (Å²) in [4.78, 5) is 0. The Balaban J connectivity index is 2.83. The van der Waals surface area contributed by atoms with Gasteiger partial charge in [0.15, 0.2) is 0 Å². The molecule has 1 unspecified atom stereocenters. The van der Waals surface area contributed by atoms with Crippen LogP contribution >= 0.6 is 0 Å². The fourth-order valence-electron chi connectivity index (χ4n) is 0. The Morgan fingerprint density at radius 1 is 2.00 bits per heavy atom. The molecule has 0 aromatic heterocycles. The molecule has 0 radical (unpaired) electrons. The van der Waals surface area contributed by atoms with Gasteiger partial charge in [0, 0.05) is 0 Å². The first-order valence-corrected chi connectivity index (χ1v) is 2.81. The van der Waals surface area contributed by atoms with Gasteiger partial charge < -0.3 is 0 Å². The average Bonchev–Trinajstić information content (AvgIpc) is 1.38. The molecule has 0 aromatic rings. The molecular formula is C3H6NNa. The molecule has 0 aliphatic carbocycles. The van der Waals surface area contributed by atoms with Crippen LogP contribution in [-0.2, 0) is 0 Å². The molecule has 0 fully saturated rings. The Hall–Kier alpha value is 0.700. The molecule has 0 bridgehead atoms. The van der Waals surface area contributed by atoms with E-state index in [4.69, 9.17) is 5.73 Å². The van der Waals surface area contributed by atoms with Crippen molar-refractivity contribution in [3.05, 3.63) is 12.7 Å². The molecule has 0 heterocycles. The van der Waals surface area contributed by atoms with Crippen LogP contribution < -0.4 is 5.73 Å². The maximum atomic E-state index is 5.24. The topological polar surface area (TPSA) is 26.0 Å². The van der Waals surface area contributed by atoms with E-state index >= 15 is 0 Å². The number of nitrogens with two attached hydrogens (primary N) is 1. The van der Waals surface area contributed by atoms with E-state index in [9.17, 15) is 0 Å². The van der Waals surface area contributed by atoms with Gasteiger partial charge in [0.25, 0.3) is 0 Å². The predicted octanol–water partition coefficient (Wildman–Crippen LogP) is -0.374. The zero-order valence-electron chi connectivity index (χ0n) is 3.44. The van der Waals surface area contributed by atoms with Crippen LogP contribution in [0.1, 0.15) is 0 Å². The molecule has 5 heavy (non-hydrogen) atoms. The molecule has 0 aliphatic heterocycles. The summed E-state index contributed by atoms with van der Waals surface area (Å²) in [6.07, 6.45) is 1.76. The zero-order chi connectivity index (χ0) is 4.28. The molecule has 0 amide bonds. The number of rotatable bonds is 1. The van der Waals surface area contributed by atoms with Crippen molar-refractivity contribution < 1.29 is 0 Å². The van der Waals surface area contributed by atoms with Gasteiger partial charge in [-0.1, -0.05) is 0 Å². The maximum absolute atomic E-state index is 5.24. The zero-order valence-corrected chi connectivity index (χ0v) is 5.44. The van der Waals surface area contributed by atoms with Crippen LogP contribution in [0.15, 0.2) is 12.7 Å². The molecule has 0 rings (SSSR count). The van der Waals surface area contributed by atoms with Crippen molar-refractivity contribution in [2.24, 2.45) is 5.73 Å². The van der Waals surface area contributed by atoms with Crippen molar-refractivity contribution in [3.8, 4) is 0 Å². The predicted molar refractivity (Wildman–Crippen MR) is 23.9 cm³/mol. The summed E-state index contributed by atoms with van der Waals surface area (Å²) in [7, 11) is 0. The summed E-state index contributed by atoms with van der Waals surface area (Å²) in [5.74, 6) is 0. The third-order valence-corrected chi connectivity index (χ3v) is 0.843. The Morgan fingerprint density at radius 2 is 2.20 bits per heavy atom. The van der Waals surface area contributed by atoms with E-state index in [0.29, 0.717) is 0 Å². The third kappa shape index (κ3) is 4.70. The van der Waals surface area contributed by atoms with Crippen LogP contribution in [0.3, 0.4) is 0 Å². The summed E-state index contributed by atoms with van der Waals surface area (Å²) in [6, 6.07) is 0. The Morgan fingerprint density at radius 3 is 2.20 bits per heavy atom. The summed E-state index contributed by atoms with van der Waals surface area (Å²) >= 11 is 1.03. The summed E-state index contributed by atoms with van der Waals surface area (Å²) < 4.78 is 0.287. The quantitative estimate of drug-likeness (QED) is 0.336. The van der Waals surface area contributed by atoms with Gasteiger partial charge in [0.1, 0.15) is 0 Å². The van der Waals surface area contributed by atoms with Gasteiger partial charge in [-0.15, -0.1) is 0 Å². The van der Waals surface area contributed by atoms with E-state index in [-0.39, 0.29) is 3.29 Å². The Bertz CT molecular complexity index is 33.9. The van der Waals surface area contributed by atoms with E-state index < -0.39 is 0 Å². The van der Waals surface area contributed by atoms with Gasteiger partial charge in [-0.25, -0.2) is 0 Å². The number of hydrogen-bond acceptors (Lipinski definition) is 1. The van der Waals surface area contributed by atoms with Gasteiger partial charge in [-0.3, -0.25) is 0 Å². The monoisotopic (exact) mass is 79.0 g/mol. The standard InChI is InChI=1S/C3H6N.Na/c1-2-3-4;/h2-3H,1,4H2;. The van der Waals surface area contributed by atoms with Gasteiger partial charge in [0.2, 0.25) is 0 Å². The summed E-state index contributed by atoms with van der Waals surface area (Å²) in [6.45, 7) is 3.47. The molecule has 0 saturated carbocycles. The van der Waals surface area contributed by atoms with Crippen LogP contribution in [-0.4, -0.2) is 31.2 Å². The fourth-order valence-corrected chi connectivity index (χ4v) is 0. The van der Waals surface area contributed by atoms with E-state index in [2.05, 4.69) is 6.58 Å². The molecule has 0 aromatic carbocycles. The van der Waals surface area contributed by atoms with Gasteiger partial charge in [0.05, 0.1) is 0 Å². The number of hydrogen-bond donors (Lipinski definition) is 1. The molecule has 0 spiro atoms. The Labute approximate surface area is 49.7 Å². The van der Waals surface area contributed by atoms with Crippen molar-refractivity contribution in [1.82, 2.24) is 0 Å². The van der Waals surface area contributed by atoms with Crippen LogP contribution in [0.5, 0.6) is 0 Å². The van der Waals surface area contributed by atoms with Crippen LogP contribution in [0.2, 0.25) is 0 Å². The SMILES string of the molecule is C=C[CH](N)[Na]. The van der Waals surface area contributed by atoms with Crippen molar-refractivity contribution in [1.29, 1.82) is 0 Å². The van der Waals surface area contributed by atoms with E-state index in [1.165, 1.54) is 0 Å². The van der Waals surface area contributed by atoms with Crippen molar-refractivity contribution in [3.63, 3.8) is 0 Å². The second kappa shape index (κ2) is 2.91. The molecule has 0 saturated heterocycles. The molecule has 24 valence electrons. The molecule has 1 atom stereocenters. The summed E-state index contributed by atoms with van der Waals surface area (Å²) in [5.41, 5.74) is 5.24. The second-order valence-electron chi connectivity index (χ2n) is 1.09. The van der Waals surface area contributed by atoms with Gasteiger partial charge >= 0.3 is 49.6 Å². The van der Waals surface area contributed by atoms with Crippen LogP contribution in [0.4, 0.5) is 0 Å². The average molecular weight is 79.1 g/mol. The van der Waals surface area contributed by atoms with E-state index in [1.54, 1.807) is 6.08 Å². The second-order valence-corrected chi connectivity index (χ2v) is 2.43. The molecule has 1 nitrogen and oxygen atoms in total. The van der Waals surface area contributed by atoms with Crippen molar-refractivity contribution in [2.75, 3.05) is 0 Å². The van der Waals surface area contributed by atoms with Gasteiger partial charge in [-0.2, -0.15) is 0 Å². The van der Waals surface area contributed by atoms with E-state index in [0.717, 1.165) is 27.9 Å². The minimum atomic E-state index is 0.287. The molecular weight excluding hydrogens is 73.0 g/mol. The fraction of sp³-hybridized carbons (Fsp3) is 0.333. The first-order chi connectivity index (χ1) is 2.27. The first kappa shape index (κ1) is 5.70. The van der Waals surface area contributed by atoms with Crippen LogP contribution in [0, 0.1) is 0 Å². The van der Waals surface area contributed by atoms with Crippen molar-refractivity contribution in [2.45, 2.75) is 3.29 Å². The van der Waals surface area contributed by atoms with E-state index in [1.807, 2.05) is 0 Å². The third-order valence-electron chi connectivity index (χ3n) is 0.372. The van der Waals surface area contributed by atoms with Crippen LogP contribution in [0.25, 0.3) is 0 Å². The molecule has 2 heteroatoms. The van der Waals surface area contributed by atoms with Gasteiger partial charge in [-0.05, 0) is 0 Å². The Kier molecular flexibility index (Phi) is 3.32. The normalized spacial score (nSPS) is 14.2. The molecule has 0 aliphatic rings. The minimum absolute atomic E-state index is 0.287. The van der Waals surface area contributed by atoms with Crippen molar-refractivity contribution >= 4 is 27.9 Å². The first-order valence-electron chi connectivity index (χ1n) is 1.65.